The second-order valence-corrected chi connectivity index (χ2v) is 6.06. The highest BCUT2D eigenvalue weighted by atomic mass is 14.8. The summed E-state index contributed by atoms with van der Waals surface area (Å²) in [6, 6.07) is 22.1. The normalized spacial score (nSPS) is 11.1. The number of fused-ring (bicyclic) bond motifs is 3. The fourth-order valence-electron chi connectivity index (χ4n) is 3.11. The summed E-state index contributed by atoms with van der Waals surface area (Å²) in [6.45, 7) is 0. The average Bonchev–Trinajstić information content (AvgIpc) is 2.74. The third-order valence-electron chi connectivity index (χ3n) is 4.40. The molecule has 5 rings (SSSR count). The van der Waals surface area contributed by atoms with Crippen molar-refractivity contribution in [2.75, 3.05) is 0 Å². The topological polar surface area (TPSA) is 51.6 Å². The Kier molecular flexibility index (Phi) is 3.39. The van der Waals surface area contributed by atoms with E-state index in [0.29, 0.717) is 0 Å². The molecule has 0 spiro atoms. The standard InChI is InChI=1S/C22H14N4/c1-3-11-23-18(5-1)17-13-16-8-7-15-9-10-20(19-6-2-4-12-24-19)26-22(15)21(16)25-14-17/h1-14H. The van der Waals surface area contributed by atoms with Crippen LogP contribution >= 0.6 is 0 Å². The average molecular weight is 334 g/mol. The molecule has 4 nitrogen and oxygen atoms in total. The number of rotatable bonds is 2. The van der Waals surface area contributed by atoms with Gasteiger partial charge in [0.1, 0.15) is 0 Å². The van der Waals surface area contributed by atoms with E-state index in [-0.39, 0.29) is 0 Å². The molecule has 0 radical (unpaired) electrons. The van der Waals surface area contributed by atoms with Crippen LogP contribution in [0.15, 0.2) is 85.3 Å². The van der Waals surface area contributed by atoms with Crippen molar-refractivity contribution >= 4 is 21.8 Å². The predicted octanol–water partition coefficient (Wildman–Crippen LogP) is 4.91. The van der Waals surface area contributed by atoms with E-state index in [1.165, 1.54) is 0 Å². The van der Waals surface area contributed by atoms with Crippen LogP contribution in [0.3, 0.4) is 0 Å². The lowest BCUT2D eigenvalue weighted by atomic mass is 10.1. The van der Waals surface area contributed by atoms with Gasteiger partial charge in [0.25, 0.3) is 0 Å². The zero-order valence-electron chi connectivity index (χ0n) is 13.9. The number of benzene rings is 1. The van der Waals surface area contributed by atoms with Crippen LogP contribution in [-0.4, -0.2) is 19.9 Å². The van der Waals surface area contributed by atoms with E-state index in [0.717, 1.165) is 44.5 Å². The summed E-state index contributed by atoms with van der Waals surface area (Å²) in [5, 5.41) is 2.11. The number of hydrogen-bond acceptors (Lipinski definition) is 4. The summed E-state index contributed by atoms with van der Waals surface area (Å²) in [7, 11) is 0. The SMILES string of the molecule is c1ccc(-c2cnc3c(ccc4ccc(-c5ccccn5)nc43)c2)nc1. The lowest BCUT2D eigenvalue weighted by molar-refractivity contribution is 1.27. The van der Waals surface area contributed by atoms with Crippen molar-refractivity contribution in [3.8, 4) is 22.6 Å². The lowest BCUT2D eigenvalue weighted by Crippen LogP contribution is -1.91. The molecular weight excluding hydrogens is 320 g/mol. The quantitative estimate of drug-likeness (QED) is 0.431. The molecule has 0 unspecified atom stereocenters. The molecule has 4 heteroatoms. The van der Waals surface area contributed by atoms with Crippen LogP contribution in [0.1, 0.15) is 0 Å². The molecule has 0 aliphatic rings. The molecule has 5 aromatic rings. The Morgan fingerprint density at radius 3 is 2.04 bits per heavy atom. The minimum absolute atomic E-state index is 0.848. The molecule has 0 aliphatic carbocycles. The molecule has 0 fully saturated rings. The Morgan fingerprint density at radius 1 is 0.538 bits per heavy atom. The van der Waals surface area contributed by atoms with E-state index in [1.54, 1.807) is 12.4 Å². The van der Waals surface area contributed by atoms with Crippen LogP contribution in [0, 0.1) is 0 Å². The number of nitrogens with zero attached hydrogens (tertiary/aromatic N) is 4. The maximum atomic E-state index is 4.84. The van der Waals surface area contributed by atoms with E-state index >= 15 is 0 Å². The maximum absolute atomic E-state index is 4.84. The fourth-order valence-corrected chi connectivity index (χ4v) is 3.11. The molecule has 4 heterocycles. The minimum atomic E-state index is 0.848. The number of hydrogen-bond donors (Lipinski definition) is 0. The summed E-state index contributed by atoms with van der Waals surface area (Å²) in [5.41, 5.74) is 5.39. The molecule has 1 aromatic carbocycles. The van der Waals surface area contributed by atoms with Gasteiger partial charge >= 0.3 is 0 Å². The van der Waals surface area contributed by atoms with E-state index in [9.17, 15) is 0 Å². The molecule has 0 aliphatic heterocycles. The summed E-state index contributed by atoms with van der Waals surface area (Å²) in [4.78, 5) is 18.3. The minimum Gasteiger partial charge on any atom is -0.256 e. The van der Waals surface area contributed by atoms with Crippen molar-refractivity contribution in [2.24, 2.45) is 0 Å². The number of pyridine rings is 4. The van der Waals surface area contributed by atoms with Crippen molar-refractivity contribution in [3.05, 3.63) is 85.3 Å². The van der Waals surface area contributed by atoms with Gasteiger partial charge in [-0.15, -0.1) is 0 Å². The van der Waals surface area contributed by atoms with Gasteiger partial charge in [-0.2, -0.15) is 0 Å². The third-order valence-corrected chi connectivity index (χ3v) is 4.40. The Balaban J connectivity index is 1.71. The molecule has 0 saturated carbocycles. The second-order valence-electron chi connectivity index (χ2n) is 6.06. The first kappa shape index (κ1) is 14.7. The van der Waals surface area contributed by atoms with Crippen molar-refractivity contribution in [1.29, 1.82) is 0 Å². The molecule has 26 heavy (non-hydrogen) atoms. The van der Waals surface area contributed by atoms with Crippen molar-refractivity contribution in [3.63, 3.8) is 0 Å². The van der Waals surface area contributed by atoms with Crippen molar-refractivity contribution in [1.82, 2.24) is 19.9 Å². The molecule has 0 atom stereocenters. The molecule has 122 valence electrons. The zero-order valence-corrected chi connectivity index (χ0v) is 13.9. The van der Waals surface area contributed by atoms with Gasteiger partial charge < -0.3 is 0 Å². The van der Waals surface area contributed by atoms with Gasteiger partial charge in [0.15, 0.2) is 0 Å². The summed E-state index contributed by atoms with van der Waals surface area (Å²) < 4.78 is 0. The summed E-state index contributed by atoms with van der Waals surface area (Å²) in [5.74, 6) is 0. The Labute approximate surface area is 150 Å². The predicted molar refractivity (Wildman–Crippen MR) is 104 cm³/mol. The number of aromatic nitrogens is 4. The van der Waals surface area contributed by atoms with Gasteiger partial charge in [-0.25, -0.2) is 4.98 Å². The van der Waals surface area contributed by atoms with Gasteiger partial charge in [0.2, 0.25) is 0 Å². The van der Waals surface area contributed by atoms with Gasteiger partial charge in [-0.3, -0.25) is 15.0 Å². The molecule has 4 aromatic heterocycles. The maximum Gasteiger partial charge on any atom is 0.0972 e. The third kappa shape index (κ3) is 2.48. The van der Waals surface area contributed by atoms with Gasteiger partial charge in [-0.1, -0.05) is 30.3 Å². The van der Waals surface area contributed by atoms with Gasteiger partial charge in [-0.05, 0) is 36.4 Å². The monoisotopic (exact) mass is 334 g/mol. The smallest absolute Gasteiger partial charge is 0.0972 e. The molecule has 0 amide bonds. The zero-order chi connectivity index (χ0) is 17.3. The van der Waals surface area contributed by atoms with E-state index in [2.05, 4.69) is 34.2 Å². The van der Waals surface area contributed by atoms with Crippen LogP contribution in [0.25, 0.3) is 44.5 Å². The van der Waals surface area contributed by atoms with Crippen LogP contribution in [0.4, 0.5) is 0 Å². The highest BCUT2D eigenvalue weighted by molar-refractivity contribution is 6.04. The molecule has 0 saturated heterocycles. The first-order chi connectivity index (χ1) is 12.9. The van der Waals surface area contributed by atoms with E-state index in [1.807, 2.05) is 48.7 Å². The van der Waals surface area contributed by atoms with Gasteiger partial charge in [0.05, 0.1) is 28.1 Å². The molecule has 0 bridgehead atoms. The lowest BCUT2D eigenvalue weighted by Gasteiger charge is -2.07. The highest BCUT2D eigenvalue weighted by Crippen LogP contribution is 2.27. The Hall–Kier alpha value is -3.66. The van der Waals surface area contributed by atoms with E-state index in [4.69, 9.17) is 9.97 Å². The van der Waals surface area contributed by atoms with E-state index < -0.39 is 0 Å². The Bertz CT molecular complexity index is 1220. The Morgan fingerprint density at radius 2 is 1.27 bits per heavy atom. The van der Waals surface area contributed by atoms with Crippen molar-refractivity contribution < 1.29 is 0 Å². The van der Waals surface area contributed by atoms with Gasteiger partial charge in [0, 0.05) is 34.9 Å². The summed E-state index contributed by atoms with van der Waals surface area (Å²) in [6.07, 6.45) is 5.43. The first-order valence-electron chi connectivity index (χ1n) is 8.41. The summed E-state index contributed by atoms with van der Waals surface area (Å²) >= 11 is 0. The first-order valence-corrected chi connectivity index (χ1v) is 8.41. The molecule has 0 N–H and O–H groups in total. The van der Waals surface area contributed by atoms with Crippen LogP contribution in [-0.2, 0) is 0 Å². The fraction of sp³-hybridized carbons (Fsp3) is 0. The highest BCUT2D eigenvalue weighted by Gasteiger charge is 2.08. The molecular formula is C22H14N4. The largest absolute Gasteiger partial charge is 0.256 e. The van der Waals surface area contributed by atoms with Crippen molar-refractivity contribution in [2.45, 2.75) is 0 Å². The second kappa shape index (κ2) is 6.01. The van der Waals surface area contributed by atoms with Crippen LogP contribution < -0.4 is 0 Å². The van der Waals surface area contributed by atoms with Crippen LogP contribution in [0.5, 0.6) is 0 Å². The van der Waals surface area contributed by atoms with Crippen LogP contribution in [0.2, 0.25) is 0 Å².